The Hall–Kier alpha value is -2.33. The molecule has 2 rings (SSSR count). The largest absolute Gasteiger partial charge is 0.384 e. The summed E-state index contributed by atoms with van der Waals surface area (Å²) in [6.45, 7) is 1.37. The van der Waals surface area contributed by atoms with E-state index in [9.17, 15) is 4.79 Å². The normalized spacial score (nSPS) is 19.3. The summed E-state index contributed by atoms with van der Waals surface area (Å²) in [4.78, 5) is 17.2. The molecule has 0 saturated carbocycles. The minimum atomic E-state index is -0.570. The summed E-state index contributed by atoms with van der Waals surface area (Å²) in [5, 5.41) is 8.85. The average Bonchev–Trinajstić information content (AvgIpc) is 2.38. The van der Waals surface area contributed by atoms with Crippen LogP contribution in [0.2, 0.25) is 0 Å². The highest BCUT2D eigenvalue weighted by atomic mass is 16.5. The highest BCUT2D eigenvalue weighted by molar-refractivity contribution is 5.99. The second-order valence-electron chi connectivity index (χ2n) is 3.93. The van der Waals surface area contributed by atoms with Crippen LogP contribution in [0.15, 0.2) is 12.3 Å². The molecular formula is C11H13N5O2. The van der Waals surface area contributed by atoms with E-state index in [2.05, 4.69) is 4.98 Å². The molecule has 1 aromatic heterocycles. The third-order valence-electron chi connectivity index (χ3n) is 2.72. The maximum atomic E-state index is 11.4. The lowest BCUT2D eigenvalue weighted by atomic mass is 10.1. The third kappa shape index (κ3) is 2.33. The van der Waals surface area contributed by atoms with Gasteiger partial charge in [0.25, 0.3) is 5.91 Å². The van der Waals surface area contributed by atoms with Gasteiger partial charge in [-0.3, -0.25) is 4.79 Å². The van der Waals surface area contributed by atoms with Gasteiger partial charge in [0.2, 0.25) is 0 Å². The Labute approximate surface area is 104 Å². The summed E-state index contributed by atoms with van der Waals surface area (Å²) in [5.74, 6) is -0.336. The molecule has 1 aromatic rings. The number of amides is 1. The molecule has 94 valence electrons. The van der Waals surface area contributed by atoms with Crippen LogP contribution in [0.4, 0.5) is 11.5 Å². The molecule has 1 unspecified atom stereocenters. The fraction of sp³-hybridized carbons (Fsp3) is 0.364. The Morgan fingerprint density at radius 3 is 3.11 bits per heavy atom. The van der Waals surface area contributed by atoms with E-state index in [1.165, 1.54) is 12.3 Å². The quantitative estimate of drug-likeness (QED) is 0.726. The van der Waals surface area contributed by atoms with Gasteiger partial charge in [-0.1, -0.05) is 0 Å². The second kappa shape index (κ2) is 4.89. The number of aromatic nitrogens is 1. The molecule has 0 aliphatic carbocycles. The van der Waals surface area contributed by atoms with Crippen molar-refractivity contribution in [3.8, 4) is 6.07 Å². The first-order valence-corrected chi connectivity index (χ1v) is 5.43. The Balaban J connectivity index is 2.33. The maximum Gasteiger partial charge on any atom is 0.251 e. The summed E-state index contributed by atoms with van der Waals surface area (Å²) in [5.41, 5.74) is 11.7. The molecule has 1 aliphatic rings. The molecule has 1 amide bonds. The number of rotatable bonds is 2. The number of nitrogens with zero attached hydrogens (tertiary/aromatic N) is 3. The fourth-order valence-electron chi connectivity index (χ4n) is 1.86. The van der Waals surface area contributed by atoms with Gasteiger partial charge in [-0.25, -0.2) is 4.98 Å². The number of primary amides is 1. The van der Waals surface area contributed by atoms with Gasteiger partial charge in [-0.2, -0.15) is 5.26 Å². The van der Waals surface area contributed by atoms with Crippen molar-refractivity contribution in [3.05, 3.63) is 17.8 Å². The number of hydrogen-bond acceptors (Lipinski definition) is 6. The standard InChI is InChI=1S/C11H13N5O2/c12-4-7-6-16(1-2-18-7)9-5-15-10(13)3-8(9)11(14)17/h3,5,7H,1-2,6H2,(H2,13,15)(H2,14,17). The minimum Gasteiger partial charge on any atom is -0.384 e. The predicted octanol–water partition coefficient (Wildman–Crippen LogP) is -0.509. The van der Waals surface area contributed by atoms with Gasteiger partial charge in [-0.15, -0.1) is 0 Å². The third-order valence-corrected chi connectivity index (χ3v) is 2.72. The van der Waals surface area contributed by atoms with Gasteiger partial charge >= 0.3 is 0 Å². The smallest absolute Gasteiger partial charge is 0.251 e. The van der Waals surface area contributed by atoms with Crippen molar-refractivity contribution in [3.63, 3.8) is 0 Å². The van der Waals surface area contributed by atoms with Crippen molar-refractivity contribution in [2.24, 2.45) is 5.73 Å². The van der Waals surface area contributed by atoms with E-state index in [-0.39, 0.29) is 5.82 Å². The van der Waals surface area contributed by atoms with Crippen LogP contribution in [0.1, 0.15) is 10.4 Å². The number of ether oxygens (including phenoxy) is 1. The molecule has 0 radical (unpaired) electrons. The van der Waals surface area contributed by atoms with Crippen molar-refractivity contribution in [2.75, 3.05) is 30.3 Å². The second-order valence-corrected chi connectivity index (χ2v) is 3.93. The van der Waals surface area contributed by atoms with Gasteiger partial charge in [0.15, 0.2) is 6.10 Å². The monoisotopic (exact) mass is 247 g/mol. The fourth-order valence-corrected chi connectivity index (χ4v) is 1.86. The van der Waals surface area contributed by atoms with E-state index >= 15 is 0 Å². The molecule has 1 aliphatic heterocycles. The lowest BCUT2D eigenvalue weighted by molar-refractivity contribution is 0.0762. The lowest BCUT2D eigenvalue weighted by Gasteiger charge is -2.32. The van der Waals surface area contributed by atoms with Crippen molar-refractivity contribution in [2.45, 2.75) is 6.10 Å². The highest BCUT2D eigenvalue weighted by Crippen LogP contribution is 2.23. The maximum absolute atomic E-state index is 11.4. The number of pyridine rings is 1. The number of morpholine rings is 1. The van der Waals surface area contributed by atoms with Crippen LogP contribution in [-0.4, -0.2) is 36.7 Å². The SMILES string of the molecule is N#CC1CN(c2cnc(N)cc2C(N)=O)CCO1. The molecule has 1 saturated heterocycles. The molecule has 1 atom stereocenters. The van der Waals surface area contributed by atoms with Gasteiger partial charge < -0.3 is 21.1 Å². The van der Waals surface area contributed by atoms with E-state index in [0.29, 0.717) is 30.9 Å². The van der Waals surface area contributed by atoms with E-state index in [4.69, 9.17) is 21.5 Å². The first-order valence-electron chi connectivity index (χ1n) is 5.43. The zero-order valence-corrected chi connectivity index (χ0v) is 9.67. The number of carbonyl (C=O) groups is 1. The number of nitrogens with two attached hydrogens (primary N) is 2. The number of anilines is 2. The van der Waals surface area contributed by atoms with Crippen LogP contribution in [0.5, 0.6) is 0 Å². The molecule has 4 N–H and O–H groups in total. The Morgan fingerprint density at radius 1 is 1.67 bits per heavy atom. The van der Waals surface area contributed by atoms with Gasteiger partial charge in [0.1, 0.15) is 5.82 Å². The van der Waals surface area contributed by atoms with Gasteiger partial charge in [-0.05, 0) is 6.07 Å². The van der Waals surface area contributed by atoms with Gasteiger partial charge in [0, 0.05) is 6.54 Å². The Kier molecular flexibility index (Phi) is 3.30. The summed E-state index contributed by atoms with van der Waals surface area (Å²) < 4.78 is 5.24. The topological polar surface area (TPSA) is 118 Å². The average molecular weight is 247 g/mol. The molecule has 0 spiro atoms. The minimum absolute atomic E-state index is 0.234. The predicted molar refractivity (Wildman–Crippen MR) is 64.7 cm³/mol. The lowest BCUT2D eigenvalue weighted by Crippen LogP contribution is -2.42. The summed E-state index contributed by atoms with van der Waals surface area (Å²) >= 11 is 0. The molecule has 7 nitrogen and oxygen atoms in total. The van der Waals surface area contributed by atoms with Crippen molar-refractivity contribution in [1.29, 1.82) is 5.26 Å². The van der Waals surface area contributed by atoms with E-state index in [1.54, 1.807) is 0 Å². The Morgan fingerprint density at radius 2 is 2.44 bits per heavy atom. The zero-order valence-electron chi connectivity index (χ0n) is 9.67. The van der Waals surface area contributed by atoms with E-state index < -0.39 is 12.0 Å². The molecule has 0 bridgehead atoms. The summed E-state index contributed by atoms with van der Waals surface area (Å²) in [7, 11) is 0. The van der Waals surface area contributed by atoms with Crippen LogP contribution >= 0.6 is 0 Å². The van der Waals surface area contributed by atoms with Crippen LogP contribution < -0.4 is 16.4 Å². The molecule has 2 heterocycles. The highest BCUT2D eigenvalue weighted by Gasteiger charge is 2.23. The van der Waals surface area contributed by atoms with Crippen molar-refractivity contribution in [1.82, 2.24) is 4.98 Å². The van der Waals surface area contributed by atoms with Gasteiger partial charge in [0.05, 0.1) is 36.7 Å². The molecule has 0 aromatic carbocycles. The van der Waals surface area contributed by atoms with E-state index in [0.717, 1.165) is 0 Å². The van der Waals surface area contributed by atoms with E-state index in [1.807, 2.05) is 11.0 Å². The van der Waals surface area contributed by atoms with Crippen LogP contribution in [0.25, 0.3) is 0 Å². The number of hydrogen-bond donors (Lipinski definition) is 2. The number of nitriles is 1. The summed E-state index contributed by atoms with van der Waals surface area (Å²) in [6.07, 6.45) is 0.979. The first kappa shape index (κ1) is 12.1. The van der Waals surface area contributed by atoms with Crippen LogP contribution in [0.3, 0.4) is 0 Å². The summed E-state index contributed by atoms with van der Waals surface area (Å²) in [6, 6.07) is 3.48. The first-order chi connectivity index (χ1) is 8.61. The van der Waals surface area contributed by atoms with Crippen LogP contribution in [-0.2, 0) is 4.74 Å². The van der Waals surface area contributed by atoms with Crippen LogP contribution in [0, 0.1) is 11.3 Å². The Bertz CT molecular complexity index is 511. The molecule has 1 fully saturated rings. The number of carbonyl (C=O) groups excluding carboxylic acids is 1. The van der Waals surface area contributed by atoms with Crippen molar-refractivity contribution >= 4 is 17.4 Å². The molecule has 18 heavy (non-hydrogen) atoms. The zero-order chi connectivity index (χ0) is 13.1. The molecular weight excluding hydrogens is 234 g/mol. The molecule has 7 heteroatoms. The van der Waals surface area contributed by atoms with Crippen molar-refractivity contribution < 1.29 is 9.53 Å². The number of nitrogen functional groups attached to an aromatic ring is 1.